The Balaban J connectivity index is 1.83. The molecule has 4 aromatic rings. The van der Waals surface area contributed by atoms with Crippen LogP contribution in [0.4, 0.5) is 22.7 Å². The second-order valence-electron chi connectivity index (χ2n) is 6.48. The smallest absolute Gasteiger partial charge is 0.0935 e. The lowest BCUT2D eigenvalue weighted by Gasteiger charge is -2.13. The molecule has 0 bridgehead atoms. The molecule has 4 aromatic carbocycles. The van der Waals surface area contributed by atoms with Crippen LogP contribution in [0.2, 0.25) is 0 Å². The first-order chi connectivity index (χ1) is 13.7. The first kappa shape index (κ1) is 17.5. The minimum atomic E-state index is 0.698. The van der Waals surface area contributed by atoms with Gasteiger partial charge in [-0.05, 0) is 59.2 Å². The van der Waals surface area contributed by atoms with Gasteiger partial charge in [-0.1, -0.05) is 54.6 Å². The van der Waals surface area contributed by atoms with Crippen LogP contribution in [0, 0.1) is 0 Å². The number of nitrogen functional groups attached to an aromatic ring is 2. The van der Waals surface area contributed by atoms with Gasteiger partial charge in [-0.25, -0.2) is 0 Å². The zero-order chi connectivity index (χ0) is 19.3. The predicted octanol–water partition coefficient (Wildman–Crippen LogP) is 6.60. The highest BCUT2D eigenvalue weighted by Crippen LogP contribution is 2.39. The highest BCUT2D eigenvalue weighted by atomic mass is 15.1. The number of benzene rings is 4. The van der Waals surface area contributed by atoms with Crippen molar-refractivity contribution in [1.82, 2.24) is 0 Å². The van der Waals surface area contributed by atoms with E-state index in [1.807, 2.05) is 97.1 Å². The van der Waals surface area contributed by atoms with E-state index in [1.165, 1.54) is 0 Å². The Morgan fingerprint density at radius 1 is 0.500 bits per heavy atom. The molecule has 0 atom stereocenters. The minimum Gasteiger partial charge on any atom is -0.399 e. The number of hydrogen-bond donors (Lipinski definition) is 2. The zero-order valence-electron chi connectivity index (χ0n) is 15.3. The van der Waals surface area contributed by atoms with E-state index in [4.69, 9.17) is 11.5 Å². The lowest BCUT2D eigenvalue weighted by Crippen LogP contribution is -1.91. The van der Waals surface area contributed by atoms with E-state index in [9.17, 15) is 0 Å². The molecule has 4 rings (SSSR count). The monoisotopic (exact) mass is 364 g/mol. The Morgan fingerprint density at radius 3 is 1.96 bits per heavy atom. The van der Waals surface area contributed by atoms with Gasteiger partial charge in [0.2, 0.25) is 0 Å². The van der Waals surface area contributed by atoms with Gasteiger partial charge in [0.05, 0.1) is 11.4 Å². The van der Waals surface area contributed by atoms with E-state index >= 15 is 0 Å². The van der Waals surface area contributed by atoms with E-state index in [0.717, 1.165) is 39.3 Å². The van der Waals surface area contributed by atoms with Crippen molar-refractivity contribution in [1.29, 1.82) is 0 Å². The molecule has 0 aromatic heterocycles. The normalized spacial score (nSPS) is 11.0. The summed E-state index contributed by atoms with van der Waals surface area (Å²) in [6.07, 6.45) is 0. The number of azo groups is 1. The molecule has 28 heavy (non-hydrogen) atoms. The van der Waals surface area contributed by atoms with Crippen LogP contribution in [0.1, 0.15) is 0 Å². The maximum absolute atomic E-state index is 6.11. The number of nitrogens with zero attached hydrogens (tertiary/aromatic N) is 2. The van der Waals surface area contributed by atoms with E-state index in [1.54, 1.807) is 0 Å². The second kappa shape index (κ2) is 7.76. The summed E-state index contributed by atoms with van der Waals surface area (Å²) in [5, 5.41) is 8.87. The molecule has 4 N–H and O–H groups in total. The fourth-order valence-electron chi connectivity index (χ4n) is 3.09. The topological polar surface area (TPSA) is 76.8 Å². The van der Waals surface area contributed by atoms with Crippen LogP contribution in [0.3, 0.4) is 0 Å². The highest BCUT2D eigenvalue weighted by Gasteiger charge is 2.12. The summed E-state index contributed by atoms with van der Waals surface area (Å²) in [6.45, 7) is 0. The molecule has 0 saturated heterocycles. The van der Waals surface area contributed by atoms with E-state index in [2.05, 4.69) is 10.2 Å². The van der Waals surface area contributed by atoms with Gasteiger partial charge in [0.25, 0.3) is 0 Å². The van der Waals surface area contributed by atoms with Gasteiger partial charge in [-0.2, -0.15) is 5.11 Å². The van der Waals surface area contributed by atoms with E-state index in [-0.39, 0.29) is 0 Å². The molecule has 4 heteroatoms. The second-order valence-corrected chi connectivity index (χ2v) is 6.48. The summed E-state index contributed by atoms with van der Waals surface area (Å²) < 4.78 is 0. The molecule has 0 heterocycles. The quantitative estimate of drug-likeness (QED) is 0.316. The van der Waals surface area contributed by atoms with E-state index in [0.29, 0.717) is 5.69 Å². The standard InChI is InChI=1S/C24H20N4/c25-18-12-10-17(11-13-18)21-15-14-19(26)16-23(21)22-8-4-5-9-24(22)28-27-20-6-2-1-3-7-20/h1-16H,25-26H2. The third kappa shape index (κ3) is 3.76. The molecular formula is C24H20N4. The van der Waals surface area contributed by atoms with Crippen molar-refractivity contribution in [3.05, 3.63) is 97.1 Å². The molecule has 4 nitrogen and oxygen atoms in total. The Labute approximate surface area is 164 Å². The first-order valence-electron chi connectivity index (χ1n) is 9.02. The zero-order valence-corrected chi connectivity index (χ0v) is 15.3. The van der Waals surface area contributed by atoms with Crippen LogP contribution in [-0.4, -0.2) is 0 Å². The van der Waals surface area contributed by atoms with Crippen molar-refractivity contribution in [2.24, 2.45) is 10.2 Å². The summed E-state index contributed by atoms with van der Waals surface area (Å²) in [7, 11) is 0. The van der Waals surface area contributed by atoms with Crippen LogP contribution in [0.5, 0.6) is 0 Å². The average Bonchev–Trinajstić information content (AvgIpc) is 2.74. The van der Waals surface area contributed by atoms with Crippen molar-refractivity contribution in [3.8, 4) is 22.3 Å². The van der Waals surface area contributed by atoms with Gasteiger partial charge >= 0.3 is 0 Å². The molecule has 0 spiro atoms. The van der Waals surface area contributed by atoms with Crippen molar-refractivity contribution in [2.75, 3.05) is 11.5 Å². The van der Waals surface area contributed by atoms with Crippen LogP contribution in [0.15, 0.2) is 107 Å². The number of anilines is 2. The highest BCUT2D eigenvalue weighted by molar-refractivity contribution is 5.90. The minimum absolute atomic E-state index is 0.698. The molecule has 0 radical (unpaired) electrons. The van der Waals surface area contributed by atoms with Crippen LogP contribution < -0.4 is 11.5 Å². The molecule has 0 aliphatic heterocycles. The SMILES string of the molecule is Nc1ccc(-c2ccc(N)cc2-c2ccccc2N=Nc2ccccc2)cc1. The Bertz CT molecular complexity index is 1120. The predicted molar refractivity (Wildman–Crippen MR) is 117 cm³/mol. The van der Waals surface area contributed by atoms with Crippen molar-refractivity contribution in [2.45, 2.75) is 0 Å². The Kier molecular flexibility index (Phi) is 4.85. The van der Waals surface area contributed by atoms with Gasteiger partial charge in [-0.15, -0.1) is 5.11 Å². The molecule has 0 fully saturated rings. The molecule has 0 aliphatic carbocycles. The van der Waals surface area contributed by atoms with Crippen molar-refractivity contribution >= 4 is 22.7 Å². The third-order valence-electron chi connectivity index (χ3n) is 4.49. The maximum Gasteiger partial charge on any atom is 0.0935 e. The van der Waals surface area contributed by atoms with E-state index < -0.39 is 0 Å². The number of hydrogen-bond acceptors (Lipinski definition) is 4. The van der Waals surface area contributed by atoms with Gasteiger partial charge in [0.15, 0.2) is 0 Å². The van der Waals surface area contributed by atoms with Gasteiger partial charge in [0, 0.05) is 16.9 Å². The maximum atomic E-state index is 6.11. The lowest BCUT2D eigenvalue weighted by atomic mass is 9.93. The lowest BCUT2D eigenvalue weighted by molar-refractivity contribution is 1.23. The summed E-state index contributed by atoms with van der Waals surface area (Å²) in [5.74, 6) is 0. The van der Waals surface area contributed by atoms with Crippen molar-refractivity contribution in [3.63, 3.8) is 0 Å². The van der Waals surface area contributed by atoms with Gasteiger partial charge in [0.1, 0.15) is 0 Å². The van der Waals surface area contributed by atoms with Gasteiger partial charge in [-0.3, -0.25) is 0 Å². The van der Waals surface area contributed by atoms with Crippen LogP contribution >= 0.6 is 0 Å². The largest absolute Gasteiger partial charge is 0.399 e. The number of nitrogens with two attached hydrogens (primary N) is 2. The molecule has 0 unspecified atom stereocenters. The summed E-state index contributed by atoms with van der Waals surface area (Å²) in [6, 6.07) is 31.4. The molecule has 0 amide bonds. The molecule has 0 saturated carbocycles. The molecule has 136 valence electrons. The Morgan fingerprint density at radius 2 is 1.18 bits per heavy atom. The van der Waals surface area contributed by atoms with Crippen molar-refractivity contribution < 1.29 is 0 Å². The summed E-state index contributed by atoms with van der Waals surface area (Å²) in [4.78, 5) is 0. The molecular weight excluding hydrogens is 344 g/mol. The average molecular weight is 364 g/mol. The third-order valence-corrected chi connectivity index (χ3v) is 4.49. The van der Waals surface area contributed by atoms with Gasteiger partial charge < -0.3 is 11.5 Å². The summed E-state index contributed by atoms with van der Waals surface area (Å²) >= 11 is 0. The van der Waals surface area contributed by atoms with Crippen LogP contribution in [-0.2, 0) is 0 Å². The first-order valence-corrected chi connectivity index (χ1v) is 9.02. The summed E-state index contributed by atoms with van der Waals surface area (Å²) in [5.41, 5.74) is 19.1. The van der Waals surface area contributed by atoms with Crippen LogP contribution in [0.25, 0.3) is 22.3 Å². The molecule has 0 aliphatic rings. The fraction of sp³-hybridized carbons (Fsp3) is 0. The Hall–Kier alpha value is -3.92. The fourth-order valence-corrected chi connectivity index (χ4v) is 3.09. The number of rotatable bonds is 4.